The number of rotatable bonds is 3. The van der Waals surface area contributed by atoms with Crippen molar-refractivity contribution < 1.29 is 13.9 Å². The summed E-state index contributed by atoms with van der Waals surface area (Å²) in [5.74, 6) is 0.266. The zero-order chi connectivity index (χ0) is 13.2. The van der Waals surface area contributed by atoms with Crippen molar-refractivity contribution in [2.75, 3.05) is 13.2 Å². The Morgan fingerprint density at radius 3 is 3.16 bits per heavy atom. The Labute approximate surface area is 110 Å². The Hall–Kier alpha value is -1.46. The molecule has 0 radical (unpaired) electrons. The summed E-state index contributed by atoms with van der Waals surface area (Å²) in [7, 11) is 0. The van der Waals surface area contributed by atoms with Crippen molar-refractivity contribution >= 4 is 11.1 Å². The molecule has 2 aromatic rings. The average molecular weight is 264 g/mol. The smallest absolute Gasteiger partial charge is 0.209 e. The van der Waals surface area contributed by atoms with Crippen LogP contribution in [-0.2, 0) is 6.54 Å². The molecule has 1 aromatic carbocycles. The van der Waals surface area contributed by atoms with Crippen molar-refractivity contribution in [3.63, 3.8) is 0 Å². The first kappa shape index (κ1) is 12.6. The second kappa shape index (κ2) is 5.27. The number of halogens is 1. The topological polar surface area (TPSA) is 49.5 Å². The van der Waals surface area contributed by atoms with Gasteiger partial charge in [0.05, 0.1) is 13.2 Å². The van der Waals surface area contributed by atoms with E-state index in [1.165, 1.54) is 12.1 Å². The van der Waals surface area contributed by atoms with Crippen LogP contribution in [0.4, 0.5) is 4.39 Å². The van der Waals surface area contributed by atoms with Crippen molar-refractivity contribution in [2.24, 2.45) is 0 Å². The highest BCUT2D eigenvalue weighted by atomic mass is 19.1. The molecule has 0 bridgehead atoms. The summed E-state index contributed by atoms with van der Waals surface area (Å²) < 4.78 is 18.7. The molecule has 2 heterocycles. The standard InChI is InChI=1S/C14H17FN2O2/c15-10-4-5-12-13(7-10)19-14(16-12)8-17-6-2-1-3-11(17)9-18/h4-5,7,11,18H,1-3,6,8-9H2. The Balaban J connectivity index is 1.80. The minimum absolute atomic E-state index is 0.162. The number of aromatic nitrogens is 1. The largest absolute Gasteiger partial charge is 0.439 e. The Morgan fingerprint density at radius 2 is 2.32 bits per heavy atom. The minimum Gasteiger partial charge on any atom is -0.439 e. The second-order valence-electron chi connectivity index (χ2n) is 5.02. The van der Waals surface area contributed by atoms with E-state index in [0.717, 1.165) is 25.8 Å². The van der Waals surface area contributed by atoms with Crippen molar-refractivity contribution in [2.45, 2.75) is 31.8 Å². The molecular weight excluding hydrogens is 247 g/mol. The van der Waals surface area contributed by atoms with Crippen molar-refractivity contribution in [1.29, 1.82) is 0 Å². The lowest BCUT2D eigenvalue weighted by Gasteiger charge is -2.33. The van der Waals surface area contributed by atoms with E-state index in [4.69, 9.17) is 4.42 Å². The third kappa shape index (κ3) is 2.62. The van der Waals surface area contributed by atoms with Gasteiger partial charge in [0.15, 0.2) is 5.58 Å². The molecular formula is C14H17FN2O2. The molecule has 0 saturated carbocycles. The van der Waals surface area contributed by atoms with Crippen LogP contribution in [0.3, 0.4) is 0 Å². The van der Waals surface area contributed by atoms with Crippen LogP contribution in [-0.4, -0.2) is 34.2 Å². The van der Waals surface area contributed by atoms with E-state index in [0.29, 0.717) is 23.5 Å². The van der Waals surface area contributed by atoms with Crippen LogP contribution in [0.2, 0.25) is 0 Å². The molecule has 1 aliphatic rings. The number of nitrogens with zero attached hydrogens (tertiary/aromatic N) is 2. The molecule has 3 rings (SSSR count). The third-order valence-corrected chi connectivity index (χ3v) is 3.69. The van der Waals surface area contributed by atoms with E-state index < -0.39 is 0 Å². The van der Waals surface area contributed by atoms with Gasteiger partial charge in [-0.25, -0.2) is 9.37 Å². The first-order chi connectivity index (χ1) is 9.26. The summed E-state index contributed by atoms with van der Waals surface area (Å²) in [6, 6.07) is 4.54. The number of likely N-dealkylation sites (tertiary alicyclic amines) is 1. The number of piperidine rings is 1. The van der Waals surface area contributed by atoms with Gasteiger partial charge in [-0.15, -0.1) is 0 Å². The normalized spacial score (nSPS) is 21.1. The fourth-order valence-corrected chi connectivity index (χ4v) is 2.66. The lowest BCUT2D eigenvalue weighted by molar-refractivity contribution is 0.0773. The summed E-state index contributed by atoms with van der Waals surface area (Å²) in [6.45, 7) is 1.68. The van der Waals surface area contributed by atoms with Crippen LogP contribution < -0.4 is 0 Å². The summed E-state index contributed by atoms with van der Waals surface area (Å²) in [5, 5.41) is 9.37. The number of benzene rings is 1. The number of aliphatic hydroxyl groups excluding tert-OH is 1. The lowest BCUT2D eigenvalue weighted by Crippen LogP contribution is -2.41. The summed E-state index contributed by atoms with van der Waals surface area (Å²) in [6.07, 6.45) is 3.29. The van der Waals surface area contributed by atoms with Crippen LogP contribution in [0.15, 0.2) is 22.6 Å². The number of aliphatic hydroxyl groups is 1. The van der Waals surface area contributed by atoms with E-state index in [2.05, 4.69) is 9.88 Å². The minimum atomic E-state index is -0.318. The fraction of sp³-hybridized carbons (Fsp3) is 0.500. The molecule has 4 nitrogen and oxygen atoms in total. The van der Waals surface area contributed by atoms with Gasteiger partial charge in [-0.05, 0) is 31.5 Å². The van der Waals surface area contributed by atoms with Gasteiger partial charge in [0.1, 0.15) is 11.3 Å². The highest BCUT2D eigenvalue weighted by Gasteiger charge is 2.23. The van der Waals surface area contributed by atoms with Gasteiger partial charge in [-0.2, -0.15) is 0 Å². The quantitative estimate of drug-likeness (QED) is 0.924. The molecule has 1 aliphatic heterocycles. The van der Waals surface area contributed by atoms with E-state index in [1.807, 2.05) is 0 Å². The highest BCUT2D eigenvalue weighted by Crippen LogP contribution is 2.22. The maximum absolute atomic E-state index is 13.1. The number of hydrogen-bond acceptors (Lipinski definition) is 4. The monoisotopic (exact) mass is 264 g/mol. The van der Waals surface area contributed by atoms with Gasteiger partial charge in [-0.3, -0.25) is 4.90 Å². The molecule has 0 spiro atoms. The Morgan fingerprint density at radius 1 is 1.42 bits per heavy atom. The molecule has 1 fully saturated rings. The maximum atomic E-state index is 13.1. The van der Waals surface area contributed by atoms with Gasteiger partial charge in [0, 0.05) is 12.1 Å². The molecule has 1 N–H and O–H groups in total. The fourth-order valence-electron chi connectivity index (χ4n) is 2.66. The van der Waals surface area contributed by atoms with E-state index in [9.17, 15) is 9.50 Å². The van der Waals surface area contributed by atoms with Crippen molar-refractivity contribution in [3.05, 3.63) is 29.9 Å². The maximum Gasteiger partial charge on any atom is 0.209 e. The molecule has 102 valence electrons. The van der Waals surface area contributed by atoms with Crippen molar-refractivity contribution in [3.8, 4) is 0 Å². The van der Waals surface area contributed by atoms with Gasteiger partial charge in [-0.1, -0.05) is 6.42 Å². The van der Waals surface area contributed by atoms with E-state index in [1.54, 1.807) is 6.07 Å². The number of fused-ring (bicyclic) bond motifs is 1. The van der Waals surface area contributed by atoms with Gasteiger partial charge >= 0.3 is 0 Å². The van der Waals surface area contributed by atoms with Crippen LogP contribution in [0.1, 0.15) is 25.2 Å². The molecule has 1 aromatic heterocycles. The van der Waals surface area contributed by atoms with Crippen LogP contribution in [0.25, 0.3) is 11.1 Å². The van der Waals surface area contributed by atoms with Crippen LogP contribution >= 0.6 is 0 Å². The predicted molar refractivity (Wildman–Crippen MR) is 69.1 cm³/mol. The SMILES string of the molecule is OCC1CCCCN1Cc1nc2ccc(F)cc2o1. The first-order valence-corrected chi connectivity index (χ1v) is 6.66. The van der Waals surface area contributed by atoms with Crippen LogP contribution in [0, 0.1) is 5.82 Å². The summed E-state index contributed by atoms with van der Waals surface area (Å²) in [4.78, 5) is 6.55. The Kier molecular flexibility index (Phi) is 3.48. The zero-order valence-electron chi connectivity index (χ0n) is 10.7. The van der Waals surface area contributed by atoms with Gasteiger partial charge in [0.2, 0.25) is 5.89 Å². The summed E-state index contributed by atoms with van der Waals surface area (Å²) in [5.41, 5.74) is 1.15. The van der Waals surface area contributed by atoms with E-state index in [-0.39, 0.29) is 18.5 Å². The number of hydrogen-bond donors (Lipinski definition) is 1. The number of oxazole rings is 1. The molecule has 1 atom stereocenters. The van der Waals surface area contributed by atoms with Gasteiger partial charge < -0.3 is 9.52 Å². The molecule has 1 saturated heterocycles. The molecule has 19 heavy (non-hydrogen) atoms. The molecule has 0 aliphatic carbocycles. The zero-order valence-corrected chi connectivity index (χ0v) is 10.7. The molecule has 5 heteroatoms. The average Bonchev–Trinajstić information content (AvgIpc) is 2.80. The second-order valence-corrected chi connectivity index (χ2v) is 5.02. The van der Waals surface area contributed by atoms with Crippen molar-refractivity contribution in [1.82, 2.24) is 9.88 Å². The molecule has 1 unspecified atom stereocenters. The summed E-state index contributed by atoms with van der Waals surface area (Å²) >= 11 is 0. The highest BCUT2D eigenvalue weighted by molar-refractivity contribution is 5.72. The third-order valence-electron chi connectivity index (χ3n) is 3.69. The first-order valence-electron chi connectivity index (χ1n) is 6.66. The molecule has 0 amide bonds. The van der Waals surface area contributed by atoms with Gasteiger partial charge in [0.25, 0.3) is 0 Å². The van der Waals surface area contributed by atoms with Crippen LogP contribution in [0.5, 0.6) is 0 Å². The lowest BCUT2D eigenvalue weighted by atomic mass is 10.0. The van der Waals surface area contributed by atoms with E-state index >= 15 is 0 Å². The predicted octanol–water partition coefficient (Wildman–Crippen LogP) is 2.31. The Bertz CT molecular complexity index is 570.